The van der Waals surface area contributed by atoms with E-state index in [0.717, 1.165) is 5.56 Å². The Morgan fingerprint density at radius 1 is 1.23 bits per heavy atom. The first-order valence-corrected chi connectivity index (χ1v) is 6.67. The Hall–Kier alpha value is -2.79. The second-order valence-electron chi connectivity index (χ2n) is 4.49. The van der Waals surface area contributed by atoms with Gasteiger partial charge in [0.05, 0.1) is 0 Å². The number of rotatable bonds is 6. The third kappa shape index (κ3) is 4.96. The molecule has 2 aromatic carbocycles. The van der Waals surface area contributed by atoms with Crippen molar-refractivity contribution in [3.63, 3.8) is 0 Å². The standard InChI is InChI=1S/C17H17NO4/c1-21-12-22-16-8-5-13(6-9-16)7-10-17(20)18-14-3-2-4-15(19)11-14/h2-11,19H,12H2,1H3,(H,18,20)/b10-7+. The van der Waals surface area contributed by atoms with Crippen LogP contribution in [0.2, 0.25) is 0 Å². The van der Waals surface area contributed by atoms with Gasteiger partial charge in [-0.05, 0) is 35.9 Å². The van der Waals surface area contributed by atoms with Crippen LogP contribution in [-0.4, -0.2) is 24.9 Å². The highest BCUT2D eigenvalue weighted by atomic mass is 16.7. The largest absolute Gasteiger partial charge is 0.508 e. The maximum Gasteiger partial charge on any atom is 0.248 e. The summed E-state index contributed by atoms with van der Waals surface area (Å²) in [5.74, 6) is 0.530. The second-order valence-corrected chi connectivity index (χ2v) is 4.49. The predicted molar refractivity (Wildman–Crippen MR) is 84.7 cm³/mol. The zero-order chi connectivity index (χ0) is 15.8. The molecule has 0 spiro atoms. The maximum absolute atomic E-state index is 11.8. The number of carbonyl (C=O) groups is 1. The molecule has 2 N–H and O–H groups in total. The average Bonchev–Trinajstić information content (AvgIpc) is 2.52. The van der Waals surface area contributed by atoms with E-state index in [1.54, 1.807) is 43.5 Å². The lowest BCUT2D eigenvalue weighted by Gasteiger charge is -2.04. The first-order chi connectivity index (χ1) is 10.7. The highest BCUT2D eigenvalue weighted by Gasteiger charge is 1.99. The molecule has 0 saturated heterocycles. The molecule has 5 nitrogen and oxygen atoms in total. The molecule has 0 radical (unpaired) electrons. The molecule has 0 fully saturated rings. The highest BCUT2D eigenvalue weighted by Crippen LogP contribution is 2.16. The van der Waals surface area contributed by atoms with Crippen molar-refractivity contribution in [3.05, 3.63) is 60.2 Å². The van der Waals surface area contributed by atoms with Crippen molar-refractivity contribution in [1.82, 2.24) is 0 Å². The fraction of sp³-hybridized carbons (Fsp3) is 0.118. The molecule has 0 heterocycles. The average molecular weight is 299 g/mol. The van der Waals surface area contributed by atoms with Gasteiger partial charge in [0.15, 0.2) is 6.79 Å². The van der Waals surface area contributed by atoms with Crippen LogP contribution in [0, 0.1) is 0 Å². The van der Waals surface area contributed by atoms with Crippen LogP contribution < -0.4 is 10.1 Å². The van der Waals surface area contributed by atoms with Crippen LogP contribution in [-0.2, 0) is 9.53 Å². The fourth-order valence-electron chi connectivity index (χ4n) is 1.74. The molecule has 0 saturated carbocycles. The van der Waals surface area contributed by atoms with Gasteiger partial charge in [-0.25, -0.2) is 0 Å². The van der Waals surface area contributed by atoms with E-state index in [-0.39, 0.29) is 18.4 Å². The molecule has 0 unspecified atom stereocenters. The Kier molecular flexibility index (Phi) is 5.57. The predicted octanol–water partition coefficient (Wildman–Crippen LogP) is 3.03. The summed E-state index contributed by atoms with van der Waals surface area (Å²) in [6.07, 6.45) is 3.12. The van der Waals surface area contributed by atoms with Crippen molar-refractivity contribution in [2.45, 2.75) is 0 Å². The Labute approximate surface area is 128 Å². The van der Waals surface area contributed by atoms with E-state index in [1.807, 2.05) is 12.1 Å². The number of nitrogens with one attached hydrogen (secondary N) is 1. The molecule has 0 aliphatic heterocycles. The normalized spacial score (nSPS) is 10.6. The molecule has 0 aliphatic rings. The minimum atomic E-state index is -0.273. The fourth-order valence-corrected chi connectivity index (χ4v) is 1.74. The number of anilines is 1. The highest BCUT2D eigenvalue weighted by molar-refractivity contribution is 6.02. The molecule has 114 valence electrons. The van der Waals surface area contributed by atoms with Crippen molar-refractivity contribution in [2.24, 2.45) is 0 Å². The van der Waals surface area contributed by atoms with Crippen molar-refractivity contribution in [2.75, 3.05) is 19.2 Å². The first kappa shape index (κ1) is 15.6. The van der Waals surface area contributed by atoms with Gasteiger partial charge in [0.25, 0.3) is 0 Å². The van der Waals surface area contributed by atoms with Gasteiger partial charge in [-0.15, -0.1) is 0 Å². The minimum Gasteiger partial charge on any atom is -0.508 e. The number of hydrogen-bond donors (Lipinski definition) is 2. The molecule has 5 heteroatoms. The van der Waals surface area contributed by atoms with Crippen molar-refractivity contribution < 1.29 is 19.4 Å². The first-order valence-electron chi connectivity index (χ1n) is 6.67. The van der Waals surface area contributed by atoms with Gasteiger partial charge in [0.2, 0.25) is 5.91 Å². The summed E-state index contributed by atoms with van der Waals surface area (Å²) < 4.78 is 10.1. The molecule has 0 aromatic heterocycles. The van der Waals surface area contributed by atoms with E-state index < -0.39 is 0 Å². The van der Waals surface area contributed by atoms with E-state index >= 15 is 0 Å². The maximum atomic E-state index is 11.8. The van der Waals surface area contributed by atoms with E-state index in [4.69, 9.17) is 9.47 Å². The zero-order valence-electron chi connectivity index (χ0n) is 12.2. The third-order valence-corrected chi connectivity index (χ3v) is 2.76. The van der Waals surface area contributed by atoms with Gasteiger partial charge in [0, 0.05) is 24.9 Å². The zero-order valence-corrected chi connectivity index (χ0v) is 12.2. The van der Waals surface area contributed by atoms with Gasteiger partial charge in [-0.1, -0.05) is 18.2 Å². The summed E-state index contributed by atoms with van der Waals surface area (Å²) in [6.45, 7) is 0.196. The smallest absolute Gasteiger partial charge is 0.248 e. The minimum absolute atomic E-state index is 0.105. The number of amides is 1. The molecule has 0 bridgehead atoms. The lowest BCUT2D eigenvalue weighted by Crippen LogP contribution is -2.07. The number of hydrogen-bond acceptors (Lipinski definition) is 4. The number of ether oxygens (including phenoxy) is 2. The lowest BCUT2D eigenvalue weighted by molar-refractivity contribution is -0.111. The summed E-state index contributed by atoms with van der Waals surface area (Å²) >= 11 is 0. The topological polar surface area (TPSA) is 67.8 Å². The van der Waals surface area contributed by atoms with Gasteiger partial charge in [-0.2, -0.15) is 0 Å². The van der Waals surface area contributed by atoms with Crippen LogP contribution in [0.4, 0.5) is 5.69 Å². The summed E-state index contributed by atoms with van der Waals surface area (Å²) in [5, 5.41) is 12.0. The number of methoxy groups -OCH3 is 1. The summed E-state index contributed by atoms with van der Waals surface area (Å²) in [4.78, 5) is 11.8. The number of aromatic hydroxyl groups is 1. The van der Waals surface area contributed by atoms with Crippen molar-refractivity contribution in [1.29, 1.82) is 0 Å². The third-order valence-electron chi connectivity index (χ3n) is 2.76. The molecule has 2 rings (SSSR count). The Morgan fingerprint density at radius 3 is 2.68 bits per heavy atom. The van der Waals surface area contributed by atoms with Crippen LogP contribution in [0.3, 0.4) is 0 Å². The van der Waals surface area contributed by atoms with Crippen LogP contribution in [0.25, 0.3) is 6.08 Å². The molecule has 22 heavy (non-hydrogen) atoms. The number of benzene rings is 2. The lowest BCUT2D eigenvalue weighted by atomic mass is 10.2. The number of carbonyl (C=O) groups excluding carboxylic acids is 1. The van der Waals surface area contributed by atoms with Crippen LogP contribution in [0.1, 0.15) is 5.56 Å². The molecular formula is C17H17NO4. The van der Waals surface area contributed by atoms with E-state index in [9.17, 15) is 9.90 Å². The Morgan fingerprint density at radius 2 is 2.00 bits per heavy atom. The van der Waals surface area contributed by atoms with Crippen LogP contribution in [0.15, 0.2) is 54.6 Å². The van der Waals surface area contributed by atoms with Crippen LogP contribution >= 0.6 is 0 Å². The van der Waals surface area contributed by atoms with E-state index in [1.165, 1.54) is 12.1 Å². The quantitative estimate of drug-likeness (QED) is 0.635. The summed E-state index contributed by atoms with van der Waals surface area (Å²) in [7, 11) is 1.56. The molecular weight excluding hydrogens is 282 g/mol. The van der Waals surface area contributed by atoms with Gasteiger partial charge in [0.1, 0.15) is 11.5 Å². The SMILES string of the molecule is COCOc1ccc(/C=C/C(=O)Nc2cccc(O)c2)cc1. The molecule has 0 aliphatic carbocycles. The number of phenols is 1. The summed E-state index contributed by atoms with van der Waals surface area (Å²) in [6, 6.07) is 13.6. The van der Waals surface area contributed by atoms with Gasteiger partial charge in [-0.3, -0.25) is 4.79 Å². The van der Waals surface area contributed by atoms with Crippen LogP contribution in [0.5, 0.6) is 11.5 Å². The molecule has 0 atom stereocenters. The van der Waals surface area contributed by atoms with Crippen molar-refractivity contribution in [3.8, 4) is 11.5 Å². The molecule has 1 amide bonds. The summed E-state index contributed by atoms with van der Waals surface area (Å²) in [5.41, 5.74) is 1.41. The Bertz CT molecular complexity index is 650. The van der Waals surface area contributed by atoms with E-state index in [0.29, 0.717) is 11.4 Å². The second kappa shape index (κ2) is 7.85. The van der Waals surface area contributed by atoms with Gasteiger partial charge < -0.3 is 19.9 Å². The number of phenolic OH excluding ortho intramolecular Hbond substituents is 1. The van der Waals surface area contributed by atoms with Gasteiger partial charge >= 0.3 is 0 Å². The molecule has 2 aromatic rings. The monoisotopic (exact) mass is 299 g/mol. The van der Waals surface area contributed by atoms with Crippen molar-refractivity contribution >= 4 is 17.7 Å². The van der Waals surface area contributed by atoms with E-state index in [2.05, 4.69) is 5.32 Å². The Balaban J connectivity index is 1.92.